The van der Waals surface area contributed by atoms with Gasteiger partial charge in [0.15, 0.2) is 11.6 Å². The molecule has 0 heterocycles. The molecule has 1 amide bonds. The number of aryl methyl sites for hydroxylation is 2. The van der Waals surface area contributed by atoms with Crippen LogP contribution in [0.5, 0.6) is 5.75 Å². The van der Waals surface area contributed by atoms with Crippen molar-refractivity contribution in [2.45, 2.75) is 33.2 Å². The van der Waals surface area contributed by atoms with Crippen molar-refractivity contribution in [1.82, 2.24) is 5.32 Å². The molecule has 1 unspecified atom stereocenters. The van der Waals surface area contributed by atoms with Crippen LogP contribution in [0.1, 0.15) is 46.4 Å². The molecule has 4 heteroatoms. The Balaban J connectivity index is 2.19. The third-order valence-electron chi connectivity index (χ3n) is 4.06. The van der Waals surface area contributed by atoms with Crippen LogP contribution in [0.4, 0.5) is 4.39 Å². The first-order valence-electron chi connectivity index (χ1n) is 7.67. The van der Waals surface area contributed by atoms with Gasteiger partial charge in [0, 0.05) is 5.56 Å². The fraction of sp³-hybridized carbons (Fsp3) is 0.316. The number of methoxy groups -OCH3 is 1. The zero-order valence-electron chi connectivity index (χ0n) is 13.9. The third-order valence-corrected chi connectivity index (χ3v) is 4.06. The molecule has 0 bridgehead atoms. The standard InChI is InChI=1S/C19H22FNO2/c1-5-17(14-7-6-12(2)13(3)10-14)21-19(22)15-8-9-18(23-4)16(20)11-15/h6-11,17H,5H2,1-4H3,(H,21,22). The minimum atomic E-state index is -0.542. The maximum absolute atomic E-state index is 13.7. The van der Waals surface area contributed by atoms with Gasteiger partial charge < -0.3 is 10.1 Å². The summed E-state index contributed by atoms with van der Waals surface area (Å²) >= 11 is 0. The molecule has 2 rings (SSSR count). The summed E-state index contributed by atoms with van der Waals surface area (Å²) in [4.78, 5) is 12.4. The molecular formula is C19H22FNO2. The van der Waals surface area contributed by atoms with Gasteiger partial charge in [0.2, 0.25) is 0 Å². The van der Waals surface area contributed by atoms with E-state index in [4.69, 9.17) is 4.74 Å². The largest absolute Gasteiger partial charge is 0.494 e. The number of carbonyl (C=O) groups is 1. The maximum Gasteiger partial charge on any atom is 0.251 e. The zero-order chi connectivity index (χ0) is 17.0. The number of nitrogens with one attached hydrogen (secondary N) is 1. The zero-order valence-corrected chi connectivity index (χ0v) is 13.9. The van der Waals surface area contributed by atoms with Crippen molar-refractivity contribution in [3.63, 3.8) is 0 Å². The summed E-state index contributed by atoms with van der Waals surface area (Å²) < 4.78 is 18.6. The SMILES string of the molecule is CCC(NC(=O)c1ccc(OC)c(F)c1)c1ccc(C)c(C)c1. The van der Waals surface area contributed by atoms with Crippen molar-refractivity contribution in [3.8, 4) is 5.75 Å². The summed E-state index contributed by atoms with van der Waals surface area (Å²) in [6.07, 6.45) is 0.757. The van der Waals surface area contributed by atoms with E-state index in [9.17, 15) is 9.18 Å². The van der Waals surface area contributed by atoms with E-state index in [2.05, 4.69) is 18.3 Å². The summed E-state index contributed by atoms with van der Waals surface area (Å²) in [6, 6.07) is 10.3. The van der Waals surface area contributed by atoms with Crippen LogP contribution in [-0.2, 0) is 0 Å². The van der Waals surface area contributed by atoms with Gasteiger partial charge in [-0.05, 0) is 55.2 Å². The number of benzene rings is 2. The molecule has 0 saturated carbocycles. The minimum absolute atomic E-state index is 0.105. The molecule has 0 aliphatic carbocycles. The van der Waals surface area contributed by atoms with E-state index in [1.165, 1.54) is 30.4 Å². The Morgan fingerprint density at radius 3 is 2.48 bits per heavy atom. The van der Waals surface area contributed by atoms with Crippen LogP contribution in [0.2, 0.25) is 0 Å². The van der Waals surface area contributed by atoms with Gasteiger partial charge in [0.1, 0.15) is 0 Å². The van der Waals surface area contributed by atoms with Crippen LogP contribution in [0.25, 0.3) is 0 Å². The van der Waals surface area contributed by atoms with Gasteiger partial charge in [-0.1, -0.05) is 25.1 Å². The lowest BCUT2D eigenvalue weighted by Gasteiger charge is -2.19. The van der Waals surface area contributed by atoms with E-state index in [0.29, 0.717) is 0 Å². The summed E-state index contributed by atoms with van der Waals surface area (Å²) in [6.45, 7) is 6.11. The van der Waals surface area contributed by atoms with E-state index in [0.717, 1.165) is 12.0 Å². The molecule has 0 aliphatic rings. The lowest BCUT2D eigenvalue weighted by molar-refractivity contribution is 0.0935. The first kappa shape index (κ1) is 17.0. The Morgan fingerprint density at radius 1 is 1.17 bits per heavy atom. The molecule has 23 heavy (non-hydrogen) atoms. The average molecular weight is 315 g/mol. The molecule has 2 aromatic rings. The quantitative estimate of drug-likeness (QED) is 0.891. The van der Waals surface area contributed by atoms with Crippen molar-refractivity contribution in [3.05, 3.63) is 64.5 Å². The predicted molar refractivity (Wildman–Crippen MR) is 89.4 cm³/mol. The van der Waals surface area contributed by atoms with Crippen LogP contribution < -0.4 is 10.1 Å². The molecule has 0 aliphatic heterocycles. The smallest absolute Gasteiger partial charge is 0.251 e. The lowest BCUT2D eigenvalue weighted by Crippen LogP contribution is -2.28. The number of rotatable bonds is 5. The number of hydrogen-bond acceptors (Lipinski definition) is 2. The number of carbonyl (C=O) groups excluding carboxylic acids is 1. The van der Waals surface area contributed by atoms with Gasteiger partial charge in [-0.15, -0.1) is 0 Å². The van der Waals surface area contributed by atoms with Crippen LogP contribution in [0.3, 0.4) is 0 Å². The first-order valence-corrected chi connectivity index (χ1v) is 7.67. The van der Waals surface area contributed by atoms with Crippen LogP contribution in [0.15, 0.2) is 36.4 Å². The maximum atomic E-state index is 13.7. The molecule has 122 valence electrons. The van der Waals surface area contributed by atoms with E-state index in [-0.39, 0.29) is 23.3 Å². The van der Waals surface area contributed by atoms with Crippen molar-refractivity contribution in [1.29, 1.82) is 0 Å². The lowest BCUT2D eigenvalue weighted by atomic mass is 9.99. The summed E-state index contributed by atoms with van der Waals surface area (Å²) in [7, 11) is 1.39. The second-order valence-electron chi connectivity index (χ2n) is 5.63. The van der Waals surface area contributed by atoms with Gasteiger partial charge in [-0.3, -0.25) is 4.79 Å². The highest BCUT2D eigenvalue weighted by atomic mass is 19.1. The molecule has 1 N–H and O–H groups in total. The predicted octanol–water partition coefficient (Wildman–Crippen LogP) is 4.33. The monoisotopic (exact) mass is 315 g/mol. The molecule has 0 spiro atoms. The van der Waals surface area contributed by atoms with Gasteiger partial charge >= 0.3 is 0 Å². The fourth-order valence-corrected chi connectivity index (χ4v) is 2.45. The molecule has 0 aromatic heterocycles. The summed E-state index contributed by atoms with van der Waals surface area (Å²) in [5.41, 5.74) is 3.74. The van der Waals surface area contributed by atoms with E-state index >= 15 is 0 Å². The molecule has 0 fully saturated rings. The van der Waals surface area contributed by atoms with Crippen LogP contribution in [-0.4, -0.2) is 13.0 Å². The second kappa shape index (κ2) is 7.27. The van der Waals surface area contributed by atoms with Crippen molar-refractivity contribution >= 4 is 5.91 Å². The Bertz CT molecular complexity index is 713. The highest BCUT2D eigenvalue weighted by molar-refractivity contribution is 5.94. The Morgan fingerprint density at radius 2 is 1.91 bits per heavy atom. The highest BCUT2D eigenvalue weighted by Gasteiger charge is 2.16. The summed E-state index contributed by atoms with van der Waals surface area (Å²) in [5.74, 6) is -0.709. The van der Waals surface area contributed by atoms with Gasteiger partial charge in [0.05, 0.1) is 13.2 Å². The second-order valence-corrected chi connectivity index (χ2v) is 5.63. The van der Waals surface area contributed by atoms with Gasteiger partial charge in [-0.2, -0.15) is 0 Å². The van der Waals surface area contributed by atoms with Crippen molar-refractivity contribution in [2.24, 2.45) is 0 Å². The van der Waals surface area contributed by atoms with E-state index in [1.54, 1.807) is 6.07 Å². The molecule has 3 nitrogen and oxygen atoms in total. The Kier molecular flexibility index (Phi) is 5.37. The van der Waals surface area contributed by atoms with Gasteiger partial charge in [0.25, 0.3) is 5.91 Å². The van der Waals surface area contributed by atoms with Crippen LogP contribution >= 0.6 is 0 Å². The van der Waals surface area contributed by atoms with Crippen molar-refractivity contribution < 1.29 is 13.9 Å². The van der Waals surface area contributed by atoms with Gasteiger partial charge in [-0.25, -0.2) is 4.39 Å². The van der Waals surface area contributed by atoms with Crippen molar-refractivity contribution in [2.75, 3.05) is 7.11 Å². The Labute approximate surface area is 136 Å². The molecule has 0 saturated heterocycles. The minimum Gasteiger partial charge on any atom is -0.494 e. The summed E-state index contributed by atoms with van der Waals surface area (Å²) in [5, 5.41) is 2.96. The molecule has 1 atom stereocenters. The Hall–Kier alpha value is -2.36. The highest BCUT2D eigenvalue weighted by Crippen LogP contribution is 2.22. The van der Waals surface area contributed by atoms with E-state index < -0.39 is 5.82 Å². The molecule has 2 aromatic carbocycles. The fourth-order valence-electron chi connectivity index (χ4n) is 2.45. The average Bonchev–Trinajstić information content (AvgIpc) is 2.55. The number of halogens is 1. The third kappa shape index (κ3) is 3.89. The number of amides is 1. The number of hydrogen-bond donors (Lipinski definition) is 1. The normalized spacial score (nSPS) is 11.9. The molecular weight excluding hydrogens is 293 g/mol. The molecule has 0 radical (unpaired) electrons. The number of ether oxygens (including phenoxy) is 1. The first-order chi connectivity index (χ1) is 11.0. The van der Waals surface area contributed by atoms with Crippen LogP contribution in [0, 0.1) is 19.7 Å². The van der Waals surface area contributed by atoms with E-state index in [1.807, 2.05) is 26.0 Å². The topological polar surface area (TPSA) is 38.3 Å².